The van der Waals surface area contributed by atoms with Gasteiger partial charge in [-0.15, -0.1) is 0 Å². The molecule has 1 aliphatic carbocycles. The van der Waals surface area contributed by atoms with Crippen molar-refractivity contribution in [3.63, 3.8) is 0 Å². The number of methoxy groups -OCH3 is 1. The number of likely N-dealkylation sites (N-methyl/N-ethyl adjacent to an activating group) is 1. The van der Waals surface area contributed by atoms with Crippen molar-refractivity contribution in [2.24, 2.45) is 0 Å². The second-order valence-corrected chi connectivity index (χ2v) is 6.26. The number of rotatable bonds is 2. The van der Waals surface area contributed by atoms with E-state index in [1.54, 1.807) is 0 Å². The average Bonchev–Trinajstić information content (AvgIpc) is 2.56. The van der Waals surface area contributed by atoms with Gasteiger partial charge in [-0.25, -0.2) is 0 Å². The van der Waals surface area contributed by atoms with E-state index in [0.717, 1.165) is 31.2 Å². The van der Waals surface area contributed by atoms with Crippen molar-refractivity contribution in [2.75, 3.05) is 13.7 Å². The summed E-state index contributed by atoms with van der Waals surface area (Å²) < 4.78 is 5.13. The van der Waals surface area contributed by atoms with Gasteiger partial charge in [0.15, 0.2) is 0 Å². The monoisotopic (exact) mass is 301 g/mol. The van der Waals surface area contributed by atoms with Crippen LogP contribution in [0.1, 0.15) is 60.9 Å². The van der Waals surface area contributed by atoms with E-state index in [4.69, 9.17) is 4.74 Å². The largest absolute Gasteiger partial charge is 0.468 e. The zero-order chi connectivity index (χ0) is 15.7. The number of fused-ring (bicyclic) bond motifs is 1. The van der Waals surface area contributed by atoms with E-state index in [2.05, 4.69) is 0 Å². The molecular formula is C18H23NO3. The third kappa shape index (κ3) is 2.04. The fourth-order valence-electron chi connectivity index (χ4n) is 4.38. The summed E-state index contributed by atoms with van der Waals surface area (Å²) in [6, 6.07) is 7.50. The normalized spacial score (nSPS) is 23.3. The average molecular weight is 301 g/mol. The SMILES string of the molecule is CCN1C(=O)c2ccccc2C(C(=O)OC)C12CCCCC2. The van der Waals surface area contributed by atoms with Gasteiger partial charge in [0.25, 0.3) is 5.91 Å². The third-order valence-corrected chi connectivity index (χ3v) is 5.29. The minimum Gasteiger partial charge on any atom is -0.468 e. The highest BCUT2D eigenvalue weighted by Gasteiger charge is 2.54. The van der Waals surface area contributed by atoms with Gasteiger partial charge in [-0.3, -0.25) is 9.59 Å². The molecule has 0 radical (unpaired) electrons. The van der Waals surface area contributed by atoms with Crippen LogP contribution >= 0.6 is 0 Å². The molecule has 3 rings (SSSR count). The lowest BCUT2D eigenvalue weighted by molar-refractivity contribution is -0.147. The Morgan fingerprint density at radius 2 is 1.95 bits per heavy atom. The molecule has 4 nitrogen and oxygen atoms in total. The summed E-state index contributed by atoms with van der Waals surface area (Å²) in [6.45, 7) is 2.62. The molecule has 0 N–H and O–H groups in total. The molecule has 0 saturated heterocycles. The standard InChI is InChI=1S/C18H23NO3/c1-3-19-16(20)14-10-6-5-9-13(14)15(17(21)22-2)18(19)11-7-4-8-12-18/h5-6,9-10,15H,3-4,7-8,11-12H2,1-2H3. The van der Waals surface area contributed by atoms with Gasteiger partial charge in [-0.1, -0.05) is 37.5 Å². The number of carbonyl (C=O) groups is 2. The Hall–Kier alpha value is -1.84. The van der Waals surface area contributed by atoms with Crippen LogP contribution in [0.25, 0.3) is 0 Å². The van der Waals surface area contributed by atoms with Gasteiger partial charge in [0.2, 0.25) is 0 Å². The van der Waals surface area contributed by atoms with Crippen LogP contribution in [-0.4, -0.2) is 36.0 Å². The number of esters is 1. The summed E-state index contributed by atoms with van der Waals surface area (Å²) in [5, 5.41) is 0. The number of hydrogen-bond acceptors (Lipinski definition) is 3. The van der Waals surface area contributed by atoms with Crippen LogP contribution in [0.3, 0.4) is 0 Å². The summed E-state index contributed by atoms with van der Waals surface area (Å²) >= 11 is 0. The van der Waals surface area contributed by atoms with E-state index in [1.165, 1.54) is 13.5 Å². The van der Waals surface area contributed by atoms with Crippen LogP contribution in [0.2, 0.25) is 0 Å². The molecule has 1 amide bonds. The lowest BCUT2D eigenvalue weighted by Crippen LogP contribution is -2.61. The lowest BCUT2D eigenvalue weighted by atomic mass is 9.65. The fourth-order valence-corrected chi connectivity index (χ4v) is 4.38. The molecule has 4 heteroatoms. The van der Waals surface area contributed by atoms with Gasteiger partial charge in [0.05, 0.1) is 12.6 Å². The number of carbonyl (C=O) groups excluding carboxylic acids is 2. The summed E-state index contributed by atoms with van der Waals surface area (Å²) in [5.41, 5.74) is 1.08. The van der Waals surface area contributed by atoms with Crippen molar-refractivity contribution >= 4 is 11.9 Å². The molecule has 1 fully saturated rings. The van der Waals surface area contributed by atoms with Crippen LogP contribution in [0.15, 0.2) is 24.3 Å². The van der Waals surface area contributed by atoms with Crippen LogP contribution in [0.5, 0.6) is 0 Å². The summed E-state index contributed by atoms with van der Waals surface area (Å²) in [7, 11) is 1.44. The van der Waals surface area contributed by atoms with Crippen LogP contribution in [0, 0.1) is 0 Å². The topological polar surface area (TPSA) is 46.6 Å². The van der Waals surface area contributed by atoms with Gasteiger partial charge < -0.3 is 9.64 Å². The molecule has 1 aliphatic heterocycles. The summed E-state index contributed by atoms with van der Waals surface area (Å²) in [5.74, 6) is -0.535. The first-order chi connectivity index (χ1) is 10.7. The fraction of sp³-hybridized carbons (Fsp3) is 0.556. The molecule has 0 bridgehead atoms. The second-order valence-electron chi connectivity index (χ2n) is 6.26. The molecule has 1 heterocycles. The smallest absolute Gasteiger partial charge is 0.315 e. The Bertz CT molecular complexity index is 590. The molecule has 0 aromatic heterocycles. The lowest BCUT2D eigenvalue weighted by Gasteiger charge is -2.53. The minimum absolute atomic E-state index is 0.0557. The molecule has 1 atom stereocenters. The van der Waals surface area contributed by atoms with Gasteiger partial charge in [0.1, 0.15) is 5.92 Å². The first-order valence-corrected chi connectivity index (χ1v) is 8.14. The van der Waals surface area contributed by atoms with Gasteiger partial charge in [-0.05, 0) is 31.4 Å². The third-order valence-electron chi connectivity index (χ3n) is 5.29. The maximum atomic E-state index is 13.0. The van der Waals surface area contributed by atoms with E-state index in [9.17, 15) is 9.59 Å². The van der Waals surface area contributed by atoms with Crippen LogP contribution in [0.4, 0.5) is 0 Å². The van der Waals surface area contributed by atoms with Crippen molar-refractivity contribution in [3.05, 3.63) is 35.4 Å². The van der Waals surface area contributed by atoms with Crippen LogP contribution in [-0.2, 0) is 9.53 Å². The summed E-state index contributed by atoms with van der Waals surface area (Å²) in [6.07, 6.45) is 5.03. The highest BCUT2D eigenvalue weighted by atomic mass is 16.5. The zero-order valence-corrected chi connectivity index (χ0v) is 13.3. The number of ether oxygens (including phenoxy) is 1. The number of hydrogen-bond donors (Lipinski definition) is 0. The van der Waals surface area contributed by atoms with Crippen LogP contribution < -0.4 is 0 Å². The minimum atomic E-state index is -0.411. The number of benzene rings is 1. The second kappa shape index (κ2) is 5.75. The van der Waals surface area contributed by atoms with Crippen molar-refractivity contribution in [1.29, 1.82) is 0 Å². The van der Waals surface area contributed by atoms with Gasteiger partial charge in [0, 0.05) is 12.1 Å². The Morgan fingerprint density at radius 1 is 1.27 bits per heavy atom. The molecular weight excluding hydrogens is 278 g/mol. The highest BCUT2D eigenvalue weighted by Crippen LogP contribution is 2.49. The molecule has 1 spiro atoms. The molecule has 118 valence electrons. The van der Waals surface area contributed by atoms with E-state index in [1.807, 2.05) is 36.1 Å². The van der Waals surface area contributed by atoms with Gasteiger partial charge in [-0.2, -0.15) is 0 Å². The zero-order valence-electron chi connectivity index (χ0n) is 13.3. The Balaban J connectivity index is 2.21. The molecule has 2 aliphatic rings. The van der Waals surface area contributed by atoms with E-state index >= 15 is 0 Å². The van der Waals surface area contributed by atoms with Crippen molar-refractivity contribution < 1.29 is 14.3 Å². The predicted octanol–water partition coefficient (Wildman–Crippen LogP) is 3.12. The van der Waals surface area contributed by atoms with Crippen molar-refractivity contribution in [3.8, 4) is 0 Å². The van der Waals surface area contributed by atoms with E-state index in [-0.39, 0.29) is 17.8 Å². The summed E-state index contributed by atoms with van der Waals surface area (Å²) in [4.78, 5) is 27.5. The first-order valence-electron chi connectivity index (χ1n) is 8.14. The predicted molar refractivity (Wildman–Crippen MR) is 83.7 cm³/mol. The molecule has 1 saturated carbocycles. The maximum Gasteiger partial charge on any atom is 0.315 e. The number of nitrogens with zero attached hydrogens (tertiary/aromatic N) is 1. The maximum absolute atomic E-state index is 13.0. The Morgan fingerprint density at radius 3 is 2.59 bits per heavy atom. The van der Waals surface area contributed by atoms with Crippen molar-refractivity contribution in [1.82, 2.24) is 4.90 Å². The Labute approximate surface area is 131 Å². The van der Waals surface area contributed by atoms with Gasteiger partial charge >= 0.3 is 5.97 Å². The molecule has 1 aromatic carbocycles. The van der Waals surface area contributed by atoms with E-state index in [0.29, 0.717) is 12.1 Å². The number of amides is 1. The first kappa shape index (κ1) is 15.1. The van der Waals surface area contributed by atoms with Crippen molar-refractivity contribution in [2.45, 2.75) is 50.5 Å². The quantitative estimate of drug-likeness (QED) is 0.788. The molecule has 1 unspecified atom stereocenters. The highest BCUT2D eigenvalue weighted by molar-refractivity contribution is 6.01. The molecule has 22 heavy (non-hydrogen) atoms. The Kier molecular flexibility index (Phi) is 3.94. The van der Waals surface area contributed by atoms with E-state index < -0.39 is 5.54 Å². The molecule has 1 aromatic rings.